The summed E-state index contributed by atoms with van der Waals surface area (Å²) in [5, 5.41) is 13.5. The molecule has 0 fully saturated rings. The largest absolute Gasteiger partial charge is 0.274 e. The number of rotatable bonds is 2. The van der Waals surface area contributed by atoms with E-state index in [2.05, 4.69) is 5.10 Å². The maximum absolute atomic E-state index is 7.69. The molecule has 2 aromatic rings. The molecule has 1 aromatic heterocycles. The average molecular weight is 276 g/mol. The first-order valence-corrected chi connectivity index (χ1v) is 5.69. The lowest BCUT2D eigenvalue weighted by Gasteiger charge is -2.03. The highest BCUT2D eigenvalue weighted by Gasteiger charge is 2.03. The normalized spacial score (nSPS) is 9.88. The van der Waals surface area contributed by atoms with Crippen LogP contribution in [0.3, 0.4) is 0 Å². The monoisotopic (exact) mass is 275 g/mol. The van der Waals surface area contributed by atoms with Gasteiger partial charge in [0.05, 0.1) is 6.54 Å². The maximum atomic E-state index is 7.69. The van der Waals surface area contributed by atoms with Crippen LogP contribution in [0.15, 0.2) is 24.3 Å². The summed E-state index contributed by atoms with van der Waals surface area (Å²) in [5.41, 5.74) is 0.989. The third-order valence-corrected chi connectivity index (χ3v) is 3.17. The zero-order valence-corrected chi connectivity index (χ0v) is 11.0. The second-order valence-electron chi connectivity index (χ2n) is 3.18. The van der Waals surface area contributed by atoms with Gasteiger partial charge in [-0.05, 0) is 18.6 Å². The van der Waals surface area contributed by atoms with Crippen molar-refractivity contribution < 1.29 is 0 Å². The molecule has 0 atom stereocenters. The molecule has 0 aliphatic heterocycles. The Balaban J connectivity index is 0.00000128. The fourth-order valence-corrected chi connectivity index (χ4v) is 2.15. The number of benzene rings is 1. The molecular formula is C10H11Cl2N3S. The summed E-state index contributed by atoms with van der Waals surface area (Å²) in [5.74, 6) is 0. The van der Waals surface area contributed by atoms with E-state index in [-0.39, 0.29) is 12.4 Å². The molecule has 86 valence electrons. The highest BCUT2D eigenvalue weighted by atomic mass is 35.5. The van der Waals surface area contributed by atoms with Crippen molar-refractivity contribution in [3.05, 3.63) is 44.7 Å². The van der Waals surface area contributed by atoms with E-state index in [1.165, 1.54) is 11.3 Å². The van der Waals surface area contributed by atoms with Gasteiger partial charge < -0.3 is 0 Å². The summed E-state index contributed by atoms with van der Waals surface area (Å²) in [6.45, 7) is 2.45. The van der Waals surface area contributed by atoms with Crippen molar-refractivity contribution in [1.29, 1.82) is 5.41 Å². The van der Waals surface area contributed by atoms with Crippen LogP contribution >= 0.6 is 35.3 Å². The summed E-state index contributed by atoms with van der Waals surface area (Å²) in [6, 6.07) is 7.62. The average Bonchev–Trinajstić information content (AvgIpc) is 2.49. The minimum atomic E-state index is 0. The Morgan fingerprint density at radius 1 is 1.44 bits per heavy atom. The van der Waals surface area contributed by atoms with Crippen LogP contribution in [0.2, 0.25) is 5.02 Å². The lowest BCUT2D eigenvalue weighted by Crippen LogP contribution is -2.15. The molecule has 6 heteroatoms. The van der Waals surface area contributed by atoms with E-state index in [1.807, 2.05) is 31.2 Å². The van der Waals surface area contributed by atoms with Gasteiger partial charge in [0.15, 0.2) is 0 Å². The van der Waals surface area contributed by atoms with Crippen LogP contribution in [0.25, 0.3) is 0 Å². The Morgan fingerprint density at radius 3 is 2.69 bits per heavy atom. The van der Waals surface area contributed by atoms with Crippen LogP contribution in [-0.2, 0) is 6.54 Å². The zero-order valence-electron chi connectivity index (χ0n) is 8.61. The van der Waals surface area contributed by atoms with Crippen LogP contribution in [0.4, 0.5) is 0 Å². The number of aryl methyl sites for hydroxylation is 1. The third-order valence-electron chi connectivity index (χ3n) is 2.02. The molecular weight excluding hydrogens is 265 g/mol. The van der Waals surface area contributed by atoms with Crippen molar-refractivity contribution in [2.45, 2.75) is 13.5 Å². The second-order valence-corrected chi connectivity index (χ2v) is 4.76. The summed E-state index contributed by atoms with van der Waals surface area (Å²) >= 11 is 7.40. The summed E-state index contributed by atoms with van der Waals surface area (Å²) in [6.07, 6.45) is 0. The van der Waals surface area contributed by atoms with Gasteiger partial charge in [0.1, 0.15) is 5.01 Å². The number of hydrogen-bond acceptors (Lipinski definition) is 3. The standard InChI is InChI=1S/C10H10ClN3S.ClH/c1-7-13-14(10(12)15-7)6-8-4-2-3-5-9(8)11;/h2-5,12H,6H2,1H3;1H. The van der Waals surface area contributed by atoms with E-state index in [1.54, 1.807) is 4.68 Å². The van der Waals surface area contributed by atoms with Gasteiger partial charge in [0.25, 0.3) is 0 Å². The van der Waals surface area contributed by atoms with Gasteiger partial charge in [-0.2, -0.15) is 5.10 Å². The molecule has 0 unspecified atom stereocenters. The van der Waals surface area contributed by atoms with Crippen LogP contribution in [-0.4, -0.2) is 9.78 Å². The highest BCUT2D eigenvalue weighted by Crippen LogP contribution is 2.15. The van der Waals surface area contributed by atoms with Gasteiger partial charge in [-0.1, -0.05) is 41.1 Å². The van der Waals surface area contributed by atoms with Crippen molar-refractivity contribution in [2.75, 3.05) is 0 Å². The SMILES string of the molecule is Cc1nn(Cc2ccccc2Cl)c(=N)s1.Cl. The number of hydrogen-bond donors (Lipinski definition) is 1. The van der Waals surface area contributed by atoms with Crippen molar-refractivity contribution >= 4 is 35.3 Å². The van der Waals surface area contributed by atoms with Crippen molar-refractivity contribution in [3.63, 3.8) is 0 Å². The maximum Gasteiger partial charge on any atom is 0.200 e. The Labute approximate surface area is 109 Å². The molecule has 0 radical (unpaired) electrons. The van der Waals surface area contributed by atoms with Gasteiger partial charge in [-0.15, -0.1) is 12.4 Å². The van der Waals surface area contributed by atoms with Crippen LogP contribution in [0.5, 0.6) is 0 Å². The van der Waals surface area contributed by atoms with E-state index in [4.69, 9.17) is 17.0 Å². The number of nitrogens with one attached hydrogen (secondary N) is 1. The van der Waals surface area contributed by atoms with E-state index in [9.17, 15) is 0 Å². The Morgan fingerprint density at radius 2 is 2.12 bits per heavy atom. The molecule has 0 amide bonds. The van der Waals surface area contributed by atoms with E-state index in [0.717, 1.165) is 15.6 Å². The van der Waals surface area contributed by atoms with Crippen molar-refractivity contribution in [2.24, 2.45) is 0 Å². The third kappa shape index (κ3) is 2.84. The van der Waals surface area contributed by atoms with Crippen LogP contribution in [0, 0.1) is 12.3 Å². The Kier molecular flexibility index (Phi) is 4.53. The fourth-order valence-electron chi connectivity index (χ4n) is 1.32. The molecule has 0 aliphatic carbocycles. The molecule has 3 nitrogen and oxygen atoms in total. The lowest BCUT2D eigenvalue weighted by molar-refractivity contribution is 0.643. The molecule has 0 aliphatic rings. The minimum absolute atomic E-state index is 0. The molecule has 1 heterocycles. The summed E-state index contributed by atoms with van der Waals surface area (Å²) < 4.78 is 1.65. The van der Waals surface area contributed by atoms with Gasteiger partial charge in [0.2, 0.25) is 4.80 Å². The second kappa shape index (κ2) is 5.48. The van der Waals surface area contributed by atoms with Gasteiger partial charge in [-0.25, -0.2) is 4.68 Å². The van der Waals surface area contributed by atoms with Crippen LogP contribution in [0.1, 0.15) is 10.6 Å². The molecule has 0 spiro atoms. The van der Waals surface area contributed by atoms with Gasteiger partial charge in [0, 0.05) is 5.02 Å². The quantitative estimate of drug-likeness (QED) is 0.900. The first kappa shape index (κ1) is 13.2. The summed E-state index contributed by atoms with van der Waals surface area (Å²) in [4.78, 5) is 0.451. The van der Waals surface area contributed by atoms with E-state index >= 15 is 0 Å². The predicted molar refractivity (Wildman–Crippen MR) is 68.5 cm³/mol. The molecule has 1 aromatic carbocycles. The lowest BCUT2D eigenvalue weighted by atomic mass is 10.2. The molecule has 0 bridgehead atoms. The molecule has 0 saturated heterocycles. The number of halogens is 2. The zero-order chi connectivity index (χ0) is 10.8. The van der Waals surface area contributed by atoms with Crippen molar-refractivity contribution in [3.8, 4) is 0 Å². The van der Waals surface area contributed by atoms with E-state index < -0.39 is 0 Å². The number of aromatic nitrogens is 2. The molecule has 1 N–H and O–H groups in total. The van der Waals surface area contributed by atoms with Gasteiger partial charge >= 0.3 is 0 Å². The fraction of sp³-hybridized carbons (Fsp3) is 0.200. The minimum Gasteiger partial charge on any atom is -0.274 e. The molecule has 0 saturated carbocycles. The first-order valence-electron chi connectivity index (χ1n) is 4.49. The highest BCUT2D eigenvalue weighted by molar-refractivity contribution is 7.08. The number of nitrogens with zero attached hydrogens (tertiary/aromatic N) is 2. The van der Waals surface area contributed by atoms with Crippen molar-refractivity contribution in [1.82, 2.24) is 9.78 Å². The first-order chi connectivity index (χ1) is 7.16. The Hall–Kier alpha value is -0.840. The van der Waals surface area contributed by atoms with E-state index in [0.29, 0.717) is 11.3 Å². The molecule has 16 heavy (non-hydrogen) atoms. The predicted octanol–water partition coefficient (Wildman–Crippen LogP) is 2.86. The topological polar surface area (TPSA) is 41.7 Å². The Bertz CT molecular complexity index is 533. The molecule has 2 rings (SSSR count). The van der Waals surface area contributed by atoms with Crippen LogP contribution < -0.4 is 4.80 Å². The van der Waals surface area contributed by atoms with Gasteiger partial charge in [-0.3, -0.25) is 5.41 Å². The smallest absolute Gasteiger partial charge is 0.200 e. The summed E-state index contributed by atoms with van der Waals surface area (Å²) in [7, 11) is 0.